The summed E-state index contributed by atoms with van der Waals surface area (Å²) in [4.78, 5) is 27.2. The summed E-state index contributed by atoms with van der Waals surface area (Å²) in [5, 5.41) is 3.40. The first-order valence-electron chi connectivity index (χ1n) is 10.1. The molecule has 0 saturated heterocycles. The van der Waals surface area contributed by atoms with Crippen molar-refractivity contribution < 1.29 is 18.7 Å². The Hall–Kier alpha value is -2.60. The van der Waals surface area contributed by atoms with Crippen molar-refractivity contribution in [2.75, 3.05) is 13.2 Å². The molecular weight excluding hydrogens is 407 g/mol. The molecule has 0 aliphatic rings. The SMILES string of the molecule is CCCCNC(=O)[C@@H](CC)N(Cc1ccc(F)cc1)C(=O)COc1cccc(Cl)c1. The van der Waals surface area contributed by atoms with E-state index in [9.17, 15) is 14.0 Å². The average Bonchev–Trinajstić information content (AvgIpc) is 2.73. The monoisotopic (exact) mass is 434 g/mol. The second-order valence-electron chi connectivity index (χ2n) is 6.96. The van der Waals surface area contributed by atoms with Gasteiger partial charge in [-0.25, -0.2) is 4.39 Å². The smallest absolute Gasteiger partial charge is 0.261 e. The average molecular weight is 435 g/mol. The van der Waals surface area contributed by atoms with Gasteiger partial charge in [0.1, 0.15) is 17.6 Å². The lowest BCUT2D eigenvalue weighted by molar-refractivity contribution is -0.143. The number of carbonyl (C=O) groups excluding carboxylic acids is 2. The van der Waals surface area contributed by atoms with Gasteiger partial charge in [-0.05, 0) is 48.7 Å². The van der Waals surface area contributed by atoms with Crippen LogP contribution in [0.2, 0.25) is 5.02 Å². The van der Waals surface area contributed by atoms with Crippen molar-refractivity contribution in [2.45, 2.75) is 45.7 Å². The number of unbranched alkanes of at least 4 members (excludes halogenated alkanes) is 1. The van der Waals surface area contributed by atoms with E-state index in [1.54, 1.807) is 36.4 Å². The summed E-state index contributed by atoms with van der Waals surface area (Å²) in [6.07, 6.45) is 2.27. The van der Waals surface area contributed by atoms with Gasteiger partial charge in [0.2, 0.25) is 5.91 Å². The van der Waals surface area contributed by atoms with Gasteiger partial charge in [0.05, 0.1) is 0 Å². The third-order valence-electron chi connectivity index (χ3n) is 4.64. The highest BCUT2D eigenvalue weighted by Gasteiger charge is 2.28. The van der Waals surface area contributed by atoms with Crippen LogP contribution in [0.25, 0.3) is 0 Å². The van der Waals surface area contributed by atoms with Gasteiger partial charge in [0, 0.05) is 18.1 Å². The van der Waals surface area contributed by atoms with Gasteiger partial charge in [0.25, 0.3) is 5.91 Å². The maximum atomic E-state index is 13.3. The molecule has 162 valence electrons. The van der Waals surface area contributed by atoms with Gasteiger partial charge in [0.15, 0.2) is 6.61 Å². The zero-order valence-corrected chi connectivity index (χ0v) is 18.1. The lowest BCUT2D eigenvalue weighted by Crippen LogP contribution is -2.50. The summed E-state index contributed by atoms with van der Waals surface area (Å²) in [6, 6.07) is 12.0. The molecule has 7 heteroatoms. The van der Waals surface area contributed by atoms with Crippen molar-refractivity contribution in [3.05, 3.63) is 64.9 Å². The molecule has 0 aromatic heterocycles. The highest BCUT2D eigenvalue weighted by Crippen LogP contribution is 2.18. The number of benzene rings is 2. The molecular formula is C23H28ClFN2O3. The molecule has 2 amide bonds. The molecule has 0 spiro atoms. The van der Waals surface area contributed by atoms with Crippen LogP contribution in [0.3, 0.4) is 0 Å². The van der Waals surface area contributed by atoms with Crippen molar-refractivity contribution in [1.29, 1.82) is 0 Å². The molecule has 2 aromatic carbocycles. The molecule has 0 saturated carbocycles. The number of nitrogens with one attached hydrogen (secondary N) is 1. The second kappa shape index (κ2) is 12.2. The Morgan fingerprint density at radius 3 is 2.53 bits per heavy atom. The van der Waals surface area contributed by atoms with E-state index in [2.05, 4.69) is 5.32 Å². The van der Waals surface area contributed by atoms with E-state index in [0.717, 1.165) is 18.4 Å². The minimum Gasteiger partial charge on any atom is -0.484 e. The molecule has 1 atom stereocenters. The maximum absolute atomic E-state index is 13.3. The van der Waals surface area contributed by atoms with E-state index in [1.807, 2.05) is 13.8 Å². The van der Waals surface area contributed by atoms with E-state index >= 15 is 0 Å². The first-order valence-corrected chi connectivity index (χ1v) is 10.5. The van der Waals surface area contributed by atoms with E-state index in [1.165, 1.54) is 17.0 Å². The molecule has 0 radical (unpaired) electrons. The topological polar surface area (TPSA) is 58.6 Å². The molecule has 0 bridgehead atoms. The zero-order valence-electron chi connectivity index (χ0n) is 17.4. The molecule has 2 rings (SSSR count). The number of rotatable bonds is 11. The Morgan fingerprint density at radius 1 is 1.17 bits per heavy atom. The van der Waals surface area contributed by atoms with Crippen LogP contribution in [0.4, 0.5) is 4.39 Å². The van der Waals surface area contributed by atoms with Gasteiger partial charge in [-0.15, -0.1) is 0 Å². The summed E-state index contributed by atoms with van der Waals surface area (Å²) >= 11 is 5.96. The van der Waals surface area contributed by atoms with Gasteiger partial charge in [-0.2, -0.15) is 0 Å². The lowest BCUT2D eigenvalue weighted by Gasteiger charge is -2.30. The third-order valence-corrected chi connectivity index (χ3v) is 4.88. The highest BCUT2D eigenvalue weighted by molar-refractivity contribution is 6.30. The van der Waals surface area contributed by atoms with E-state index in [-0.39, 0.29) is 30.8 Å². The number of nitrogens with zero attached hydrogens (tertiary/aromatic N) is 1. The quantitative estimate of drug-likeness (QED) is 0.526. The van der Waals surface area contributed by atoms with Crippen molar-refractivity contribution in [3.8, 4) is 5.75 Å². The predicted octanol–water partition coefficient (Wildman–Crippen LogP) is 4.58. The number of carbonyl (C=O) groups is 2. The highest BCUT2D eigenvalue weighted by atomic mass is 35.5. The standard InChI is InChI=1S/C23H28ClFN2O3/c1-3-5-13-26-23(29)21(4-2)27(15-17-9-11-19(25)12-10-17)22(28)16-30-20-8-6-7-18(24)14-20/h6-12,14,21H,3-5,13,15-16H2,1-2H3,(H,26,29)/t21-/m1/s1. The Morgan fingerprint density at radius 2 is 1.90 bits per heavy atom. The predicted molar refractivity (Wildman–Crippen MR) is 116 cm³/mol. The first kappa shape index (κ1) is 23.7. The van der Waals surface area contributed by atoms with Crippen LogP contribution in [-0.2, 0) is 16.1 Å². The van der Waals surface area contributed by atoms with Crippen molar-refractivity contribution in [1.82, 2.24) is 10.2 Å². The largest absolute Gasteiger partial charge is 0.484 e. The Bertz CT molecular complexity index is 829. The Balaban J connectivity index is 2.16. The fraction of sp³-hybridized carbons (Fsp3) is 0.391. The van der Waals surface area contributed by atoms with Crippen LogP contribution in [0, 0.1) is 5.82 Å². The first-order chi connectivity index (χ1) is 14.4. The third kappa shape index (κ3) is 7.34. The van der Waals surface area contributed by atoms with Crippen LogP contribution < -0.4 is 10.1 Å². The molecule has 0 heterocycles. The van der Waals surface area contributed by atoms with Crippen molar-refractivity contribution in [2.24, 2.45) is 0 Å². The zero-order chi connectivity index (χ0) is 21.9. The number of amides is 2. The van der Waals surface area contributed by atoms with Gasteiger partial charge in [-0.1, -0.05) is 50.1 Å². The van der Waals surface area contributed by atoms with E-state index < -0.39 is 6.04 Å². The van der Waals surface area contributed by atoms with Gasteiger partial charge >= 0.3 is 0 Å². The van der Waals surface area contributed by atoms with Gasteiger partial charge in [-0.3, -0.25) is 9.59 Å². The summed E-state index contributed by atoms with van der Waals surface area (Å²) < 4.78 is 18.9. The minimum atomic E-state index is -0.651. The number of ether oxygens (including phenoxy) is 1. The van der Waals surface area contributed by atoms with Crippen LogP contribution in [-0.4, -0.2) is 35.9 Å². The normalized spacial score (nSPS) is 11.6. The van der Waals surface area contributed by atoms with Crippen LogP contribution in [0.15, 0.2) is 48.5 Å². The summed E-state index contributed by atoms with van der Waals surface area (Å²) in [7, 11) is 0. The summed E-state index contributed by atoms with van der Waals surface area (Å²) in [5.74, 6) is -0.427. The fourth-order valence-corrected chi connectivity index (χ4v) is 3.18. The summed E-state index contributed by atoms with van der Waals surface area (Å²) in [6.45, 7) is 4.40. The molecule has 0 aliphatic heterocycles. The van der Waals surface area contributed by atoms with Crippen LogP contribution in [0.5, 0.6) is 5.75 Å². The number of hydrogen-bond acceptors (Lipinski definition) is 3. The van der Waals surface area contributed by atoms with E-state index in [0.29, 0.717) is 23.7 Å². The number of hydrogen-bond donors (Lipinski definition) is 1. The fourth-order valence-electron chi connectivity index (χ4n) is 3.00. The Kier molecular flexibility index (Phi) is 9.61. The van der Waals surface area contributed by atoms with Crippen LogP contribution in [0.1, 0.15) is 38.7 Å². The molecule has 2 aromatic rings. The molecule has 0 aliphatic carbocycles. The minimum absolute atomic E-state index is 0.178. The molecule has 0 unspecified atom stereocenters. The molecule has 30 heavy (non-hydrogen) atoms. The van der Waals surface area contributed by atoms with Crippen molar-refractivity contribution >= 4 is 23.4 Å². The second-order valence-corrected chi connectivity index (χ2v) is 7.40. The summed E-state index contributed by atoms with van der Waals surface area (Å²) in [5.41, 5.74) is 0.729. The maximum Gasteiger partial charge on any atom is 0.261 e. The van der Waals surface area contributed by atoms with Crippen LogP contribution >= 0.6 is 11.6 Å². The number of halogens is 2. The van der Waals surface area contributed by atoms with Gasteiger partial charge < -0.3 is 15.0 Å². The van der Waals surface area contributed by atoms with Crippen molar-refractivity contribution in [3.63, 3.8) is 0 Å². The Labute approximate surface area is 182 Å². The molecule has 5 nitrogen and oxygen atoms in total. The molecule has 0 fully saturated rings. The van der Waals surface area contributed by atoms with E-state index in [4.69, 9.17) is 16.3 Å². The molecule has 1 N–H and O–H groups in total. The lowest BCUT2D eigenvalue weighted by atomic mass is 10.1.